The number of carboxylic acid groups (broad SMARTS) is 1. The average Bonchev–Trinajstić information content (AvgIpc) is 2.47. The molecule has 13 heavy (non-hydrogen) atoms. The molecule has 0 N–H and O–H groups in total. The number of imidazole rings is 1. The molecular weight excluding hydrogens is 168 g/mol. The van der Waals surface area contributed by atoms with E-state index in [0.29, 0.717) is 0 Å². The summed E-state index contributed by atoms with van der Waals surface area (Å²) < 4.78 is 1.77. The van der Waals surface area contributed by atoms with Crippen LogP contribution < -0.4 is 5.11 Å². The Balaban J connectivity index is 2.72. The Hall–Kier alpha value is -1.84. The third kappa shape index (κ3) is 1.16. The molecule has 1 aromatic heterocycles. The van der Waals surface area contributed by atoms with Gasteiger partial charge in [-0.05, 0) is 17.7 Å². The Kier molecular flexibility index (Phi) is 1.55. The molecule has 66 valence electrons. The zero-order valence-corrected chi connectivity index (χ0v) is 7.02. The number of benzene rings is 1. The fourth-order valence-corrected chi connectivity index (χ4v) is 1.25. The summed E-state index contributed by atoms with van der Waals surface area (Å²) in [5.41, 5.74) is 1.75. The van der Waals surface area contributed by atoms with Crippen molar-refractivity contribution in [1.29, 1.82) is 0 Å². The van der Waals surface area contributed by atoms with Crippen LogP contribution in [0.15, 0.2) is 24.5 Å². The van der Waals surface area contributed by atoms with Crippen LogP contribution in [0.5, 0.6) is 0 Å². The summed E-state index contributed by atoms with van der Waals surface area (Å²) in [5.74, 6) is -1.16. The number of carbonyl (C=O) groups is 1. The third-order valence-electron chi connectivity index (χ3n) is 1.96. The largest absolute Gasteiger partial charge is 0.545 e. The van der Waals surface area contributed by atoms with E-state index in [0.717, 1.165) is 11.0 Å². The van der Waals surface area contributed by atoms with Gasteiger partial charge in [0.05, 0.1) is 23.3 Å². The van der Waals surface area contributed by atoms with Crippen molar-refractivity contribution in [2.24, 2.45) is 7.05 Å². The van der Waals surface area contributed by atoms with Crippen LogP contribution in [-0.4, -0.2) is 15.5 Å². The number of carbonyl (C=O) groups excluding carboxylic acids is 1. The van der Waals surface area contributed by atoms with E-state index in [1.165, 1.54) is 6.07 Å². The minimum Gasteiger partial charge on any atom is -0.545 e. The van der Waals surface area contributed by atoms with Gasteiger partial charge in [0.25, 0.3) is 0 Å². The fraction of sp³-hybridized carbons (Fsp3) is 0.111. The number of fused-ring (bicyclic) bond motifs is 1. The Morgan fingerprint density at radius 1 is 1.54 bits per heavy atom. The molecule has 0 radical (unpaired) electrons. The van der Waals surface area contributed by atoms with Crippen molar-refractivity contribution in [2.75, 3.05) is 0 Å². The van der Waals surface area contributed by atoms with Crippen LogP contribution in [0.4, 0.5) is 0 Å². The molecule has 0 aliphatic heterocycles. The number of carboxylic acids is 1. The molecule has 0 bridgehead atoms. The summed E-state index contributed by atoms with van der Waals surface area (Å²) in [6, 6.07) is 4.71. The van der Waals surface area contributed by atoms with E-state index in [2.05, 4.69) is 4.98 Å². The number of hydrogen-bond donors (Lipinski definition) is 0. The van der Waals surface area contributed by atoms with Gasteiger partial charge in [-0.25, -0.2) is 4.98 Å². The molecular formula is C9H7N2O2-. The highest BCUT2D eigenvalue weighted by molar-refractivity contribution is 5.91. The van der Waals surface area contributed by atoms with Crippen LogP contribution in [0.2, 0.25) is 0 Å². The summed E-state index contributed by atoms with van der Waals surface area (Å²) in [6.45, 7) is 0. The van der Waals surface area contributed by atoms with Gasteiger partial charge in [-0.1, -0.05) is 6.07 Å². The Morgan fingerprint density at radius 3 is 3.00 bits per heavy atom. The van der Waals surface area contributed by atoms with Crippen LogP contribution in [0, 0.1) is 0 Å². The molecule has 0 atom stereocenters. The van der Waals surface area contributed by atoms with Crippen LogP contribution >= 0.6 is 0 Å². The molecule has 0 spiro atoms. The first-order valence-corrected chi connectivity index (χ1v) is 3.81. The van der Waals surface area contributed by atoms with Gasteiger partial charge in [-0.15, -0.1) is 0 Å². The first-order valence-electron chi connectivity index (χ1n) is 3.81. The first-order chi connectivity index (χ1) is 6.18. The normalized spacial score (nSPS) is 10.5. The summed E-state index contributed by atoms with van der Waals surface area (Å²) in [4.78, 5) is 14.6. The molecule has 0 unspecified atom stereocenters. The monoisotopic (exact) mass is 175 g/mol. The van der Waals surface area contributed by atoms with E-state index >= 15 is 0 Å². The van der Waals surface area contributed by atoms with Crippen molar-refractivity contribution in [3.8, 4) is 0 Å². The lowest BCUT2D eigenvalue weighted by atomic mass is 10.2. The number of hydrogen-bond acceptors (Lipinski definition) is 3. The minimum atomic E-state index is -1.16. The third-order valence-corrected chi connectivity index (χ3v) is 1.96. The van der Waals surface area contributed by atoms with Crippen molar-refractivity contribution in [2.45, 2.75) is 0 Å². The van der Waals surface area contributed by atoms with Crippen molar-refractivity contribution in [3.05, 3.63) is 30.1 Å². The van der Waals surface area contributed by atoms with Crippen LogP contribution in [0.25, 0.3) is 11.0 Å². The van der Waals surface area contributed by atoms with Gasteiger partial charge < -0.3 is 14.5 Å². The predicted octanol–water partition coefficient (Wildman–Crippen LogP) is -0.0632. The maximum Gasteiger partial charge on any atom is 0.0955 e. The second-order valence-corrected chi connectivity index (χ2v) is 2.85. The highest BCUT2D eigenvalue weighted by atomic mass is 16.4. The van der Waals surface area contributed by atoms with Gasteiger partial charge in [0, 0.05) is 7.05 Å². The molecule has 0 aliphatic carbocycles. The molecule has 4 heteroatoms. The summed E-state index contributed by atoms with van der Waals surface area (Å²) in [6.07, 6.45) is 1.64. The molecule has 1 aromatic carbocycles. The average molecular weight is 175 g/mol. The van der Waals surface area contributed by atoms with Gasteiger partial charge in [-0.2, -0.15) is 0 Å². The first kappa shape index (κ1) is 7.79. The molecule has 0 fully saturated rings. The van der Waals surface area contributed by atoms with Crippen molar-refractivity contribution >= 4 is 17.0 Å². The molecule has 2 aromatic rings. The van der Waals surface area contributed by atoms with Gasteiger partial charge in [0.1, 0.15) is 0 Å². The fourth-order valence-electron chi connectivity index (χ4n) is 1.25. The Labute approximate surface area is 74.4 Å². The van der Waals surface area contributed by atoms with Crippen LogP contribution in [-0.2, 0) is 7.05 Å². The highest BCUT2D eigenvalue weighted by Gasteiger charge is 2.00. The number of rotatable bonds is 1. The smallest absolute Gasteiger partial charge is 0.0955 e. The maximum absolute atomic E-state index is 10.5. The van der Waals surface area contributed by atoms with Gasteiger partial charge in [-0.3, -0.25) is 0 Å². The predicted molar refractivity (Wildman–Crippen MR) is 45.0 cm³/mol. The number of nitrogens with zero attached hydrogens (tertiary/aromatic N) is 2. The van der Waals surface area contributed by atoms with Crippen molar-refractivity contribution in [1.82, 2.24) is 9.55 Å². The second kappa shape index (κ2) is 2.58. The topological polar surface area (TPSA) is 58.0 Å². The van der Waals surface area contributed by atoms with E-state index in [1.54, 1.807) is 23.0 Å². The lowest BCUT2D eigenvalue weighted by molar-refractivity contribution is -0.255. The molecule has 2 rings (SSSR count). The van der Waals surface area contributed by atoms with E-state index in [9.17, 15) is 9.90 Å². The lowest BCUT2D eigenvalue weighted by Crippen LogP contribution is -2.22. The van der Waals surface area contributed by atoms with Gasteiger partial charge in [0.15, 0.2) is 0 Å². The lowest BCUT2D eigenvalue weighted by Gasteiger charge is -2.01. The quantitative estimate of drug-likeness (QED) is 0.610. The number of aromatic nitrogens is 2. The Morgan fingerprint density at radius 2 is 2.31 bits per heavy atom. The summed E-state index contributed by atoms with van der Waals surface area (Å²) >= 11 is 0. The molecule has 0 amide bonds. The molecule has 0 saturated carbocycles. The maximum atomic E-state index is 10.5. The zero-order valence-electron chi connectivity index (χ0n) is 7.02. The molecule has 0 saturated heterocycles. The minimum absolute atomic E-state index is 0.177. The van der Waals surface area contributed by atoms with Gasteiger partial charge >= 0.3 is 0 Å². The van der Waals surface area contributed by atoms with Gasteiger partial charge in [0.2, 0.25) is 0 Å². The van der Waals surface area contributed by atoms with Crippen LogP contribution in [0.3, 0.4) is 0 Å². The summed E-state index contributed by atoms with van der Waals surface area (Å²) in [5, 5.41) is 10.5. The van der Waals surface area contributed by atoms with E-state index < -0.39 is 5.97 Å². The van der Waals surface area contributed by atoms with Crippen molar-refractivity contribution in [3.63, 3.8) is 0 Å². The second-order valence-electron chi connectivity index (χ2n) is 2.85. The number of aromatic carboxylic acids is 1. The standard InChI is InChI=1S/C9H8N2O2/c1-11-5-10-7-3-2-6(9(12)13)4-8(7)11/h2-5H,1H3,(H,12,13)/p-1. The molecule has 1 heterocycles. The van der Waals surface area contributed by atoms with E-state index in [1.807, 2.05) is 7.05 Å². The number of aryl methyl sites for hydroxylation is 1. The van der Waals surface area contributed by atoms with Crippen LogP contribution in [0.1, 0.15) is 10.4 Å². The van der Waals surface area contributed by atoms with E-state index in [4.69, 9.17) is 0 Å². The molecule has 0 aliphatic rings. The molecule has 4 nitrogen and oxygen atoms in total. The van der Waals surface area contributed by atoms with Crippen molar-refractivity contribution < 1.29 is 9.90 Å². The summed E-state index contributed by atoms with van der Waals surface area (Å²) in [7, 11) is 1.81. The zero-order chi connectivity index (χ0) is 9.42. The highest BCUT2D eigenvalue weighted by Crippen LogP contribution is 2.13. The SMILES string of the molecule is Cn1cnc2ccc(C(=O)[O-])cc21. The Bertz CT molecular complexity index is 473. The van der Waals surface area contributed by atoms with E-state index in [-0.39, 0.29) is 5.56 Å².